The van der Waals surface area contributed by atoms with Crippen molar-refractivity contribution in [2.75, 3.05) is 6.61 Å². The van der Waals surface area contributed by atoms with E-state index in [1.807, 2.05) is 30.3 Å². The first-order chi connectivity index (χ1) is 10.0. The second-order valence-corrected chi connectivity index (χ2v) is 5.19. The summed E-state index contributed by atoms with van der Waals surface area (Å²) in [5.41, 5.74) is 1.08. The summed E-state index contributed by atoms with van der Waals surface area (Å²) in [6.45, 7) is 1.01. The molecule has 21 heavy (non-hydrogen) atoms. The zero-order valence-corrected chi connectivity index (χ0v) is 12.3. The smallest absolute Gasteiger partial charge is 0.322 e. The summed E-state index contributed by atoms with van der Waals surface area (Å²) < 4.78 is 5.47. The Bertz CT molecular complexity index is 449. The predicted molar refractivity (Wildman–Crippen MR) is 78.4 cm³/mol. The van der Waals surface area contributed by atoms with Gasteiger partial charge >= 0.3 is 11.9 Å². The van der Waals surface area contributed by atoms with Crippen LogP contribution in [-0.2, 0) is 20.9 Å². The van der Waals surface area contributed by atoms with E-state index in [1.165, 1.54) is 0 Å². The predicted octanol–water partition coefficient (Wildman–Crippen LogP) is 2.77. The quantitative estimate of drug-likeness (QED) is 0.512. The number of ether oxygens (including phenoxy) is 1. The Hall–Kier alpha value is -1.59. The molecule has 116 valence electrons. The molecule has 0 aliphatic heterocycles. The molecule has 0 saturated heterocycles. The molecule has 0 saturated carbocycles. The van der Waals surface area contributed by atoms with Gasteiger partial charge in [-0.3, -0.25) is 9.59 Å². The van der Waals surface area contributed by atoms with Crippen molar-refractivity contribution >= 4 is 23.5 Å². The van der Waals surface area contributed by atoms with Gasteiger partial charge in [0.25, 0.3) is 0 Å². The van der Waals surface area contributed by atoms with Gasteiger partial charge in [-0.15, -0.1) is 11.6 Å². The van der Waals surface area contributed by atoms with Gasteiger partial charge in [-0.1, -0.05) is 36.8 Å². The van der Waals surface area contributed by atoms with Crippen molar-refractivity contribution in [1.82, 2.24) is 0 Å². The van der Waals surface area contributed by atoms with Gasteiger partial charge < -0.3 is 14.9 Å². The van der Waals surface area contributed by atoms with Crippen LogP contribution < -0.4 is 0 Å². The number of hydrogen-bond donors (Lipinski definition) is 2. The van der Waals surface area contributed by atoms with Crippen LogP contribution in [0.15, 0.2) is 30.3 Å². The molecule has 0 bridgehead atoms. The molecule has 5 nitrogen and oxygen atoms in total. The van der Waals surface area contributed by atoms with Crippen LogP contribution in [0.2, 0.25) is 0 Å². The third-order valence-electron chi connectivity index (χ3n) is 3.07. The SMILES string of the molecule is O=C(O)[C@H](Cl)[C@@H](CCCCOCc1ccccc1)C(=O)O. The van der Waals surface area contributed by atoms with E-state index in [0.29, 0.717) is 26.1 Å². The Morgan fingerprint density at radius 1 is 1.10 bits per heavy atom. The second-order valence-electron chi connectivity index (χ2n) is 4.72. The Morgan fingerprint density at radius 2 is 1.76 bits per heavy atom. The Balaban J connectivity index is 2.20. The number of carboxylic acid groups (broad SMARTS) is 2. The number of carboxylic acids is 2. The number of halogens is 1. The molecule has 2 atom stereocenters. The lowest BCUT2D eigenvalue weighted by Gasteiger charge is -2.14. The van der Waals surface area contributed by atoms with Crippen LogP contribution in [0.25, 0.3) is 0 Å². The van der Waals surface area contributed by atoms with Crippen molar-refractivity contribution in [1.29, 1.82) is 0 Å². The maximum Gasteiger partial charge on any atom is 0.322 e. The molecule has 2 N–H and O–H groups in total. The lowest BCUT2D eigenvalue weighted by Crippen LogP contribution is -2.30. The largest absolute Gasteiger partial charge is 0.481 e. The van der Waals surface area contributed by atoms with Crippen LogP contribution in [0.3, 0.4) is 0 Å². The summed E-state index contributed by atoms with van der Waals surface area (Å²) >= 11 is 5.59. The van der Waals surface area contributed by atoms with E-state index in [-0.39, 0.29) is 6.42 Å². The van der Waals surface area contributed by atoms with Crippen LogP contribution in [0.4, 0.5) is 0 Å². The summed E-state index contributed by atoms with van der Waals surface area (Å²) in [6, 6.07) is 9.72. The van der Waals surface area contributed by atoms with Crippen molar-refractivity contribution in [2.24, 2.45) is 5.92 Å². The van der Waals surface area contributed by atoms with Gasteiger partial charge in [-0.25, -0.2) is 0 Å². The van der Waals surface area contributed by atoms with E-state index in [0.717, 1.165) is 5.56 Å². The van der Waals surface area contributed by atoms with Gasteiger partial charge in [0.2, 0.25) is 0 Å². The molecule has 0 aliphatic carbocycles. The Kier molecular flexibility index (Phi) is 7.79. The lowest BCUT2D eigenvalue weighted by atomic mass is 9.98. The fraction of sp³-hybridized carbons (Fsp3) is 0.467. The molecular weight excluding hydrogens is 296 g/mol. The second kappa shape index (κ2) is 9.37. The molecule has 0 aromatic heterocycles. The van der Waals surface area contributed by atoms with Gasteiger partial charge in [0, 0.05) is 6.61 Å². The minimum Gasteiger partial charge on any atom is -0.481 e. The minimum atomic E-state index is -1.40. The Labute approximate surface area is 128 Å². The molecule has 6 heteroatoms. The van der Waals surface area contributed by atoms with Crippen molar-refractivity contribution in [2.45, 2.75) is 31.2 Å². The maximum absolute atomic E-state index is 11.0. The van der Waals surface area contributed by atoms with Gasteiger partial charge in [0.1, 0.15) is 5.38 Å². The summed E-state index contributed by atoms with van der Waals surface area (Å²) in [7, 11) is 0. The zero-order valence-electron chi connectivity index (χ0n) is 11.6. The number of alkyl halides is 1. The molecule has 1 aromatic rings. The zero-order chi connectivity index (χ0) is 15.7. The lowest BCUT2D eigenvalue weighted by molar-refractivity contribution is -0.148. The third-order valence-corrected chi connectivity index (χ3v) is 3.56. The van der Waals surface area contributed by atoms with Crippen LogP contribution in [0, 0.1) is 5.92 Å². The first-order valence-corrected chi connectivity index (χ1v) is 7.17. The van der Waals surface area contributed by atoms with Crippen molar-refractivity contribution in [3.8, 4) is 0 Å². The summed E-state index contributed by atoms with van der Waals surface area (Å²) in [6.07, 6.45) is 1.45. The number of unbranched alkanes of at least 4 members (excludes halogenated alkanes) is 1. The minimum absolute atomic E-state index is 0.227. The normalized spacial score (nSPS) is 13.6. The number of aliphatic carboxylic acids is 2. The standard InChI is InChI=1S/C15H19ClO5/c16-13(15(19)20)12(14(17)18)8-4-5-9-21-10-11-6-2-1-3-7-11/h1-3,6-7,12-13H,4-5,8-10H2,(H,17,18)(H,19,20)/t12-,13-/m1/s1. The fourth-order valence-electron chi connectivity index (χ4n) is 1.90. The van der Waals surface area contributed by atoms with Crippen LogP contribution in [0.1, 0.15) is 24.8 Å². The van der Waals surface area contributed by atoms with E-state index in [2.05, 4.69) is 0 Å². The molecule has 0 radical (unpaired) electrons. The summed E-state index contributed by atoms with van der Waals surface area (Å²) in [5, 5.41) is 16.3. The number of carbonyl (C=O) groups is 2. The molecule has 0 amide bonds. The highest BCUT2D eigenvalue weighted by Crippen LogP contribution is 2.19. The Morgan fingerprint density at radius 3 is 2.33 bits per heavy atom. The average Bonchev–Trinajstić information content (AvgIpc) is 2.46. The van der Waals surface area contributed by atoms with E-state index in [1.54, 1.807) is 0 Å². The number of benzene rings is 1. The first kappa shape index (κ1) is 17.5. The van der Waals surface area contributed by atoms with Gasteiger partial charge in [-0.05, 0) is 18.4 Å². The van der Waals surface area contributed by atoms with E-state index >= 15 is 0 Å². The number of hydrogen-bond acceptors (Lipinski definition) is 3. The highest BCUT2D eigenvalue weighted by atomic mass is 35.5. The van der Waals surface area contributed by atoms with E-state index in [9.17, 15) is 9.59 Å². The number of rotatable bonds is 10. The van der Waals surface area contributed by atoms with Crippen molar-refractivity contribution < 1.29 is 24.5 Å². The van der Waals surface area contributed by atoms with Crippen LogP contribution >= 0.6 is 11.6 Å². The highest BCUT2D eigenvalue weighted by Gasteiger charge is 2.31. The van der Waals surface area contributed by atoms with Gasteiger partial charge in [-0.2, -0.15) is 0 Å². The first-order valence-electron chi connectivity index (χ1n) is 6.73. The maximum atomic E-state index is 11.0. The molecule has 1 rings (SSSR count). The molecule has 0 heterocycles. The van der Waals surface area contributed by atoms with Gasteiger partial charge in [0.15, 0.2) is 0 Å². The monoisotopic (exact) mass is 314 g/mol. The molecular formula is C15H19ClO5. The molecule has 0 aliphatic rings. The van der Waals surface area contributed by atoms with Crippen LogP contribution in [0.5, 0.6) is 0 Å². The molecule has 0 spiro atoms. The summed E-state index contributed by atoms with van der Waals surface area (Å²) in [5.74, 6) is -3.55. The van der Waals surface area contributed by atoms with E-state index in [4.69, 9.17) is 26.6 Å². The molecule has 1 aromatic carbocycles. The molecule has 0 fully saturated rings. The van der Waals surface area contributed by atoms with Gasteiger partial charge in [0.05, 0.1) is 12.5 Å². The van der Waals surface area contributed by atoms with Crippen molar-refractivity contribution in [3.05, 3.63) is 35.9 Å². The van der Waals surface area contributed by atoms with Crippen molar-refractivity contribution in [3.63, 3.8) is 0 Å². The third kappa shape index (κ3) is 6.60. The fourth-order valence-corrected chi connectivity index (χ4v) is 2.13. The van der Waals surface area contributed by atoms with Crippen LogP contribution in [-0.4, -0.2) is 34.1 Å². The summed E-state index contributed by atoms with van der Waals surface area (Å²) in [4.78, 5) is 21.7. The topological polar surface area (TPSA) is 83.8 Å². The highest BCUT2D eigenvalue weighted by molar-refractivity contribution is 6.30. The molecule has 0 unspecified atom stereocenters. The van der Waals surface area contributed by atoms with E-state index < -0.39 is 23.2 Å². The average molecular weight is 315 g/mol.